The highest BCUT2D eigenvalue weighted by Gasteiger charge is 2.33. The highest BCUT2D eigenvalue weighted by Crippen LogP contribution is 2.29. The maximum atomic E-state index is 12.7. The van der Waals surface area contributed by atoms with E-state index in [0.29, 0.717) is 0 Å². The summed E-state index contributed by atoms with van der Waals surface area (Å²) in [4.78, 5) is 3.88. The molecule has 0 amide bonds. The molecule has 6 nitrogen and oxygen atoms in total. The van der Waals surface area contributed by atoms with E-state index < -0.39 is 10.0 Å². The zero-order chi connectivity index (χ0) is 14.6. The number of rotatable bonds is 5. The van der Waals surface area contributed by atoms with Crippen molar-refractivity contribution in [3.63, 3.8) is 0 Å². The van der Waals surface area contributed by atoms with Gasteiger partial charge in [0.15, 0.2) is 0 Å². The Morgan fingerprint density at radius 1 is 1.35 bits per heavy atom. The van der Waals surface area contributed by atoms with Gasteiger partial charge in [0.1, 0.15) is 4.90 Å². The second-order valence-corrected chi connectivity index (χ2v) is 6.90. The van der Waals surface area contributed by atoms with Crippen molar-refractivity contribution in [2.24, 2.45) is 0 Å². The smallest absolute Gasteiger partial charge is 0.246 e. The molecule has 1 aromatic heterocycles. The molecular formula is C13H21N3O3S. The van der Waals surface area contributed by atoms with Crippen molar-refractivity contribution in [1.29, 1.82) is 0 Å². The molecule has 3 N–H and O–H groups in total. The lowest BCUT2D eigenvalue weighted by Crippen LogP contribution is -2.43. The Balaban J connectivity index is 2.34. The van der Waals surface area contributed by atoms with Crippen LogP contribution in [0.15, 0.2) is 23.4 Å². The highest BCUT2D eigenvalue weighted by atomic mass is 32.2. The zero-order valence-corrected chi connectivity index (χ0v) is 12.2. The molecule has 0 saturated heterocycles. The van der Waals surface area contributed by atoms with Crippen molar-refractivity contribution in [2.75, 3.05) is 18.9 Å². The largest absolute Gasteiger partial charge is 0.398 e. The maximum absolute atomic E-state index is 12.7. The first-order valence-electron chi connectivity index (χ1n) is 6.89. The van der Waals surface area contributed by atoms with Crippen molar-refractivity contribution in [3.8, 4) is 0 Å². The topological polar surface area (TPSA) is 96.5 Å². The normalized spacial score (nSPS) is 17.5. The predicted molar refractivity (Wildman–Crippen MR) is 76.5 cm³/mol. The van der Waals surface area contributed by atoms with E-state index >= 15 is 0 Å². The lowest BCUT2D eigenvalue weighted by molar-refractivity contribution is 0.199. The summed E-state index contributed by atoms with van der Waals surface area (Å²) in [6.07, 6.45) is 7.58. The number of nitrogen functional groups attached to an aromatic ring is 1. The fourth-order valence-corrected chi connectivity index (χ4v) is 4.44. The molecule has 0 radical (unpaired) electrons. The summed E-state index contributed by atoms with van der Waals surface area (Å²) in [6.45, 7) is -0.1000. The number of anilines is 1. The first-order valence-corrected chi connectivity index (χ1v) is 8.33. The van der Waals surface area contributed by atoms with Gasteiger partial charge in [0.05, 0.1) is 12.3 Å². The van der Waals surface area contributed by atoms with Crippen LogP contribution in [0, 0.1) is 0 Å². The number of nitrogens with zero attached hydrogens (tertiary/aromatic N) is 2. The summed E-state index contributed by atoms with van der Waals surface area (Å²) in [7, 11) is -3.71. The van der Waals surface area contributed by atoms with Crippen molar-refractivity contribution in [3.05, 3.63) is 18.5 Å². The monoisotopic (exact) mass is 299 g/mol. The molecule has 0 spiro atoms. The summed E-state index contributed by atoms with van der Waals surface area (Å²) < 4.78 is 26.9. The summed E-state index contributed by atoms with van der Waals surface area (Å²) in [5.74, 6) is 0. The number of pyridine rings is 1. The molecule has 1 aliphatic rings. The zero-order valence-electron chi connectivity index (χ0n) is 11.4. The number of aromatic nitrogens is 1. The lowest BCUT2D eigenvalue weighted by Gasteiger charge is -2.33. The SMILES string of the molecule is Nc1ccncc1S(=O)(=O)N(CCO)C1CCCCC1. The molecule has 0 atom stereocenters. The second kappa shape index (κ2) is 6.51. The second-order valence-electron chi connectivity index (χ2n) is 5.04. The van der Waals surface area contributed by atoms with Crippen LogP contribution in [0.25, 0.3) is 0 Å². The Morgan fingerprint density at radius 2 is 2.05 bits per heavy atom. The lowest BCUT2D eigenvalue weighted by atomic mass is 9.95. The fourth-order valence-electron chi connectivity index (χ4n) is 2.70. The van der Waals surface area contributed by atoms with E-state index in [-0.39, 0.29) is 29.8 Å². The van der Waals surface area contributed by atoms with Gasteiger partial charge in [-0.1, -0.05) is 19.3 Å². The Bertz CT molecular complexity index is 542. The molecule has 7 heteroatoms. The molecule has 0 unspecified atom stereocenters. The van der Waals surface area contributed by atoms with Crippen LogP contribution in [-0.2, 0) is 10.0 Å². The Labute approximate surface area is 119 Å². The first kappa shape index (κ1) is 15.2. The van der Waals surface area contributed by atoms with E-state index in [4.69, 9.17) is 5.73 Å². The number of hydrogen-bond donors (Lipinski definition) is 2. The van der Waals surface area contributed by atoms with Gasteiger partial charge in [0, 0.05) is 25.0 Å². The minimum absolute atomic E-state index is 0.0269. The van der Waals surface area contributed by atoms with Crippen LogP contribution < -0.4 is 5.73 Å². The van der Waals surface area contributed by atoms with E-state index in [1.165, 1.54) is 22.8 Å². The van der Waals surface area contributed by atoms with Gasteiger partial charge >= 0.3 is 0 Å². The van der Waals surface area contributed by atoms with Gasteiger partial charge in [-0.15, -0.1) is 0 Å². The highest BCUT2D eigenvalue weighted by molar-refractivity contribution is 7.89. The summed E-state index contributed by atoms with van der Waals surface area (Å²) in [6, 6.07) is 1.42. The number of hydrogen-bond acceptors (Lipinski definition) is 5. The maximum Gasteiger partial charge on any atom is 0.246 e. The number of sulfonamides is 1. The molecule has 1 saturated carbocycles. The minimum atomic E-state index is -3.71. The average molecular weight is 299 g/mol. The molecule has 20 heavy (non-hydrogen) atoms. The van der Waals surface area contributed by atoms with E-state index in [2.05, 4.69) is 4.98 Å². The van der Waals surface area contributed by atoms with Crippen molar-refractivity contribution < 1.29 is 13.5 Å². The van der Waals surface area contributed by atoms with Crippen LogP contribution in [0.2, 0.25) is 0 Å². The third-order valence-electron chi connectivity index (χ3n) is 3.71. The number of aliphatic hydroxyl groups is 1. The molecule has 1 aliphatic carbocycles. The van der Waals surface area contributed by atoms with E-state index in [9.17, 15) is 13.5 Å². The van der Waals surface area contributed by atoms with Crippen LogP contribution >= 0.6 is 0 Å². The van der Waals surface area contributed by atoms with Crippen LogP contribution in [0.5, 0.6) is 0 Å². The van der Waals surface area contributed by atoms with Crippen molar-refractivity contribution >= 4 is 15.7 Å². The van der Waals surface area contributed by atoms with Gasteiger partial charge in [-0.25, -0.2) is 8.42 Å². The van der Waals surface area contributed by atoms with Gasteiger partial charge in [-0.3, -0.25) is 4.98 Å². The Hall–Kier alpha value is -1.18. The molecule has 112 valence electrons. The average Bonchev–Trinajstić information content (AvgIpc) is 2.45. The van der Waals surface area contributed by atoms with E-state index in [1.807, 2.05) is 0 Å². The van der Waals surface area contributed by atoms with Gasteiger partial charge in [-0.05, 0) is 18.9 Å². The van der Waals surface area contributed by atoms with Crippen LogP contribution in [0.4, 0.5) is 5.69 Å². The summed E-state index contributed by atoms with van der Waals surface area (Å²) >= 11 is 0. The van der Waals surface area contributed by atoms with Gasteiger partial charge in [-0.2, -0.15) is 4.31 Å². The van der Waals surface area contributed by atoms with E-state index in [0.717, 1.165) is 32.1 Å². The van der Waals surface area contributed by atoms with Gasteiger partial charge in [0.25, 0.3) is 0 Å². The number of nitrogens with two attached hydrogens (primary N) is 1. The molecule has 1 aromatic rings. The van der Waals surface area contributed by atoms with Crippen LogP contribution in [0.1, 0.15) is 32.1 Å². The van der Waals surface area contributed by atoms with Gasteiger partial charge < -0.3 is 10.8 Å². The van der Waals surface area contributed by atoms with Crippen LogP contribution in [-0.4, -0.2) is 42.0 Å². The standard InChI is InChI=1S/C13H21N3O3S/c14-12-6-7-15-10-13(12)20(18,19)16(8-9-17)11-4-2-1-3-5-11/h6-7,10-11,17H,1-5,8-9H2,(H2,14,15). The third-order valence-corrected chi connectivity index (χ3v) is 5.70. The Kier molecular flexibility index (Phi) is 4.95. The Morgan fingerprint density at radius 3 is 2.65 bits per heavy atom. The number of aliphatic hydroxyl groups excluding tert-OH is 1. The third kappa shape index (κ3) is 3.11. The fraction of sp³-hybridized carbons (Fsp3) is 0.615. The molecule has 2 rings (SSSR count). The minimum Gasteiger partial charge on any atom is -0.398 e. The molecule has 0 aromatic carbocycles. The molecular weight excluding hydrogens is 278 g/mol. The van der Waals surface area contributed by atoms with Crippen molar-refractivity contribution in [1.82, 2.24) is 9.29 Å². The molecule has 0 bridgehead atoms. The predicted octanol–water partition coefficient (Wildman–Crippen LogP) is 0.979. The first-order chi connectivity index (χ1) is 9.57. The molecule has 1 fully saturated rings. The van der Waals surface area contributed by atoms with Crippen LogP contribution in [0.3, 0.4) is 0 Å². The quantitative estimate of drug-likeness (QED) is 0.845. The van der Waals surface area contributed by atoms with Gasteiger partial charge in [0.2, 0.25) is 10.0 Å². The summed E-state index contributed by atoms with van der Waals surface area (Å²) in [5, 5.41) is 9.19. The molecule has 0 aliphatic heterocycles. The van der Waals surface area contributed by atoms with Crippen molar-refractivity contribution in [2.45, 2.75) is 43.0 Å². The summed E-state index contributed by atoms with van der Waals surface area (Å²) in [5.41, 5.74) is 5.96. The molecule has 1 heterocycles. The van der Waals surface area contributed by atoms with E-state index in [1.54, 1.807) is 0 Å².